The number of carbonyl (C=O) groups is 5. The first-order valence-electron chi connectivity index (χ1n) is 20.8. The van der Waals surface area contributed by atoms with Gasteiger partial charge in [-0.2, -0.15) is 0 Å². The van der Waals surface area contributed by atoms with Crippen LogP contribution >= 0.6 is 0 Å². The topological polar surface area (TPSA) is 154 Å². The summed E-state index contributed by atoms with van der Waals surface area (Å²) >= 11 is 0. The molecule has 18 unspecified atom stereocenters. The van der Waals surface area contributed by atoms with E-state index in [0.29, 0.717) is 65.8 Å². The second-order valence-corrected chi connectivity index (χ2v) is 18.1. The molecule has 3 saturated heterocycles. The number of aliphatic hydroxyl groups is 1. The van der Waals surface area contributed by atoms with E-state index in [-0.39, 0.29) is 65.3 Å². The van der Waals surface area contributed by atoms with Crippen molar-refractivity contribution in [2.24, 2.45) is 82.9 Å². The largest absolute Gasteiger partial charge is 0.478 e. The molecule has 2 N–H and O–H groups in total. The minimum absolute atomic E-state index is 0.0726. The average Bonchev–Trinajstić information content (AvgIpc) is 3.97. The second kappa shape index (κ2) is 17.0. The normalized spacial score (nSPS) is 43.7. The number of allylic oxidation sites excluding steroid dienone is 1. The minimum atomic E-state index is -0.935. The highest BCUT2D eigenvalue weighted by atomic mass is 16.6. The van der Waals surface area contributed by atoms with E-state index in [1.807, 2.05) is 6.92 Å². The first-order chi connectivity index (χ1) is 25.4. The summed E-state index contributed by atoms with van der Waals surface area (Å²) in [5, 5.41) is 17.6. The predicted molar refractivity (Wildman–Crippen MR) is 202 cm³/mol. The van der Waals surface area contributed by atoms with Crippen LogP contribution in [-0.2, 0) is 38.2 Å². The monoisotopic (exact) mass is 754 g/mol. The van der Waals surface area contributed by atoms with Crippen LogP contribution in [-0.4, -0.2) is 64.3 Å². The highest BCUT2D eigenvalue weighted by molar-refractivity contribution is 5.84. The molecule has 0 aromatic heterocycles. The maximum atomic E-state index is 11.8. The zero-order valence-corrected chi connectivity index (χ0v) is 33.8. The van der Waals surface area contributed by atoms with Gasteiger partial charge < -0.3 is 29.2 Å². The van der Waals surface area contributed by atoms with E-state index in [1.165, 1.54) is 51.0 Å². The van der Waals surface area contributed by atoms with Crippen LogP contribution in [0.2, 0.25) is 0 Å². The summed E-state index contributed by atoms with van der Waals surface area (Å²) in [7, 11) is 0. The van der Waals surface area contributed by atoms with Crippen LogP contribution in [0.1, 0.15) is 113 Å². The van der Waals surface area contributed by atoms with Crippen molar-refractivity contribution >= 4 is 29.7 Å². The van der Waals surface area contributed by atoms with Gasteiger partial charge in [0.25, 0.3) is 0 Å². The maximum absolute atomic E-state index is 11.8. The number of aliphatic carboxylic acids is 1. The minimum Gasteiger partial charge on any atom is -0.478 e. The fourth-order valence-electron chi connectivity index (χ4n) is 12.3. The number of carbonyl (C=O) groups excluding carboxylic acids is 4. The second-order valence-electron chi connectivity index (χ2n) is 18.1. The van der Waals surface area contributed by atoms with Crippen LogP contribution in [0.25, 0.3) is 0 Å². The number of hydrogen-bond donors (Lipinski definition) is 2. The van der Waals surface area contributed by atoms with Crippen LogP contribution in [0.5, 0.6) is 0 Å². The molecule has 9 aliphatic rings. The van der Waals surface area contributed by atoms with Gasteiger partial charge in [0.1, 0.15) is 24.1 Å². The number of carboxylic acids is 1. The average molecular weight is 755 g/mol. The molecule has 3 aliphatic heterocycles. The van der Waals surface area contributed by atoms with Crippen molar-refractivity contribution in [3.63, 3.8) is 0 Å². The summed E-state index contributed by atoms with van der Waals surface area (Å²) in [4.78, 5) is 54.2. The summed E-state index contributed by atoms with van der Waals surface area (Å²) in [5.41, 5.74) is 1.44. The number of Topliss-reactive ketones (excluding diaryl/α,β-unsaturated/α-hetero) is 1. The molecule has 9 fully saturated rings. The Kier molecular flexibility index (Phi) is 13.3. The fourth-order valence-corrected chi connectivity index (χ4v) is 12.3. The third-order valence-electron chi connectivity index (χ3n) is 14.9. The van der Waals surface area contributed by atoms with Gasteiger partial charge in [0.05, 0.1) is 23.9 Å². The summed E-state index contributed by atoms with van der Waals surface area (Å²) in [5.74, 6) is 6.14. The Morgan fingerprint density at radius 3 is 1.41 bits per heavy atom. The SMILES string of the molecule is C=C(C)C(=O)O.C=C(C)CCCC1C2CC3C1OC(=O)C3C2C.CC1C2CC3C(OC(=O)C13)C2O.CCC(C)=O.CCCC1C2CC3C1OC(=O)C3C2C. The number of hydrogen-bond acceptors (Lipinski definition) is 9. The number of ketones is 1. The third kappa shape index (κ3) is 7.84. The van der Waals surface area contributed by atoms with Gasteiger partial charge in [-0.25, -0.2) is 4.79 Å². The van der Waals surface area contributed by atoms with Crippen LogP contribution in [0, 0.1) is 82.9 Å². The Bertz CT molecular complexity index is 1460. The predicted octanol–water partition coefficient (Wildman–Crippen LogP) is 7.21. The van der Waals surface area contributed by atoms with E-state index in [9.17, 15) is 29.1 Å². The molecule has 0 aromatic rings. The molecular weight excluding hydrogens is 688 g/mol. The lowest BCUT2D eigenvalue weighted by molar-refractivity contribution is -0.146. The quantitative estimate of drug-likeness (QED) is 0.112. The van der Waals surface area contributed by atoms with Crippen LogP contribution < -0.4 is 0 Å². The van der Waals surface area contributed by atoms with Crippen LogP contribution in [0.4, 0.5) is 0 Å². The van der Waals surface area contributed by atoms with Gasteiger partial charge in [-0.1, -0.05) is 53.2 Å². The molecule has 18 atom stereocenters. The summed E-state index contributed by atoms with van der Waals surface area (Å²) < 4.78 is 16.3. The van der Waals surface area contributed by atoms with Crippen molar-refractivity contribution in [1.29, 1.82) is 0 Å². The molecule has 6 bridgehead atoms. The Labute approximate surface area is 322 Å². The van der Waals surface area contributed by atoms with Crippen molar-refractivity contribution in [2.45, 2.75) is 138 Å². The highest BCUT2D eigenvalue weighted by Crippen LogP contribution is 2.62. The van der Waals surface area contributed by atoms with E-state index in [1.54, 1.807) is 6.92 Å². The molecule has 0 spiro atoms. The number of ether oxygens (including phenoxy) is 3. The van der Waals surface area contributed by atoms with Crippen LogP contribution in [0.3, 0.4) is 0 Å². The number of aliphatic hydroxyl groups excluding tert-OH is 1. The molecular formula is C44H66O10. The summed E-state index contributed by atoms with van der Waals surface area (Å²) in [6.45, 7) is 22.9. The summed E-state index contributed by atoms with van der Waals surface area (Å²) in [6, 6.07) is 0. The van der Waals surface area contributed by atoms with Crippen LogP contribution in [0.15, 0.2) is 24.3 Å². The number of esters is 3. The Morgan fingerprint density at radius 2 is 1.04 bits per heavy atom. The fraction of sp³-hybridized carbons (Fsp3) is 0.795. The van der Waals surface area contributed by atoms with Gasteiger partial charge in [-0.3, -0.25) is 14.4 Å². The van der Waals surface area contributed by atoms with Gasteiger partial charge in [-0.15, -0.1) is 6.58 Å². The first-order valence-corrected chi connectivity index (χ1v) is 20.8. The molecule has 0 radical (unpaired) electrons. The Balaban J connectivity index is 0.000000138. The Morgan fingerprint density at radius 1 is 0.667 bits per heavy atom. The van der Waals surface area contributed by atoms with Crippen molar-refractivity contribution in [3.05, 3.63) is 24.3 Å². The molecule has 6 saturated carbocycles. The van der Waals surface area contributed by atoms with E-state index in [4.69, 9.17) is 19.3 Å². The van der Waals surface area contributed by atoms with Crippen molar-refractivity contribution in [2.75, 3.05) is 0 Å². The molecule has 6 aliphatic carbocycles. The zero-order chi connectivity index (χ0) is 39.9. The van der Waals surface area contributed by atoms with E-state index in [0.717, 1.165) is 24.7 Å². The lowest BCUT2D eigenvalue weighted by atomic mass is 9.73. The van der Waals surface area contributed by atoms with Gasteiger partial charge in [0.15, 0.2) is 0 Å². The molecule has 3 heterocycles. The molecule has 54 heavy (non-hydrogen) atoms. The van der Waals surface area contributed by atoms with E-state index < -0.39 is 5.97 Å². The standard InChI is InChI=1S/C15H22O2.C12H18O2.C9H12O3.C4H6O2.C4H8O/c1-8(2)5-4-6-10-11-7-12-13(9(11)3)15(16)17-14(10)12;1-3-4-7-8-5-9-10(6(8)2)12(13)14-11(7)9;1-3-4-2-5-6(3)9(11)12-8(5)7(4)10;1-3(2)4(5)6;1-3-4(2)5/h9-14H,1,4-7H2,2-3H3;6-11H,3-5H2,1-2H3;3-8,10H,2H2,1H3;1H2,2H3,(H,5,6);3H2,1-2H3. The van der Waals surface area contributed by atoms with Gasteiger partial charge >= 0.3 is 23.9 Å². The maximum Gasteiger partial charge on any atom is 0.330 e. The van der Waals surface area contributed by atoms with E-state index >= 15 is 0 Å². The summed E-state index contributed by atoms with van der Waals surface area (Å²) in [6.07, 6.45) is 10.2. The van der Waals surface area contributed by atoms with Gasteiger partial charge in [0.2, 0.25) is 0 Å². The van der Waals surface area contributed by atoms with Gasteiger partial charge in [0, 0.05) is 29.7 Å². The highest BCUT2D eigenvalue weighted by Gasteiger charge is 2.66. The zero-order valence-electron chi connectivity index (χ0n) is 33.8. The first kappa shape index (κ1) is 42.1. The number of carboxylic acid groups (broad SMARTS) is 1. The van der Waals surface area contributed by atoms with Gasteiger partial charge in [-0.05, 0) is 113 Å². The van der Waals surface area contributed by atoms with E-state index in [2.05, 4.69) is 47.8 Å². The van der Waals surface area contributed by atoms with Crippen molar-refractivity contribution in [3.8, 4) is 0 Å². The van der Waals surface area contributed by atoms with Crippen molar-refractivity contribution < 1.29 is 48.4 Å². The Hall–Kier alpha value is -3.01. The molecule has 302 valence electrons. The lowest BCUT2D eigenvalue weighted by Crippen LogP contribution is -2.35. The molecule has 10 heteroatoms. The number of rotatable bonds is 8. The molecule has 9 rings (SSSR count). The molecule has 0 aromatic carbocycles. The number of fused-ring (bicyclic) bond motifs is 3. The molecule has 0 amide bonds. The lowest BCUT2D eigenvalue weighted by Gasteiger charge is -2.29. The smallest absolute Gasteiger partial charge is 0.330 e. The molecule has 10 nitrogen and oxygen atoms in total. The van der Waals surface area contributed by atoms with Crippen molar-refractivity contribution in [1.82, 2.24) is 0 Å². The third-order valence-corrected chi connectivity index (χ3v) is 14.9.